The molecule has 42 heavy (non-hydrogen) atoms. The van der Waals surface area contributed by atoms with Crippen LogP contribution in [0.3, 0.4) is 0 Å². The van der Waals surface area contributed by atoms with E-state index in [1.54, 1.807) is 49.6 Å². The first-order valence-electron chi connectivity index (χ1n) is 14.1. The Kier molecular flexibility index (Phi) is 8.77. The van der Waals surface area contributed by atoms with E-state index in [2.05, 4.69) is 6.92 Å². The van der Waals surface area contributed by atoms with Crippen LogP contribution >= 0.6 is 11.3 Å². The molecule has 1 aliphatic heterocycles. The predicted octanol–water partition coefficient (Wildman–Crippen LogP) is 7.21. The second-order valence-corrected chi connectivity index (χ2v) is 11.1. The summed E-state index contributed by atoms with van der Waals surface area (Å²) in [5.74, 6) is -0.286. The lowest BCUT2D eigenvalue weighted by atomic mass is 9.95. The van der Waals surface area contributed by atoms with Gasteiger partial charge in [-0.05, 0) is 67.8 Å². The molecule has 0 saturated carbocycles. The van der Waals surface area contributed by atoms with Crippen molar-refractivity contribution in [2.75, 3.05) is 25.2 Å². The largest absolute Gasteiger partial charge is 0.507 e. The summed E-state index contributed by atoms with van der Waals surface area (Å²) in [6.45, 7) is 6.97. The monoisotopic (exact) mass is 586 g/mol. The van der Waals surface area contributed by atoms with Crippen LogP contribution in [0.15, 0.2) is 66.2 Å². The van der Waals surface area contributed by atoms with Crippen molar-refractivity contribution in [2.45, 2.75) is 46.1 Å². The number of aliphatic hydroxyl groups is 1. The number of nitrogens with zero attached hydrogens (tertiary/aromatic N) is 2. The van der Waals surface area contributed by atoms with Crippen molar-refractivity contribution in [3.8, 4) is 17.2 Å². The van der Waals surface area contributed by atoms with Crippen LogP contribution in [0, 0.1) is 6.92 Å². The third-order valence-corrected chi connectivity index (χ3v) is 8.13. The Morgan fingerprint density at radius 1 is 1.00 bits per heavy atom. The molecule has 8 nitrogen and oxygen atoms in total. The van der Waals surface area contributed by atoms with Gasteiger partial charge in [-0.1, -0.05) is 55.4 Å². The molecule has 0 radical (unpaired) electrons. The summed E-state index contributed by atoms with van der Waals surface area (Å²) >= 11 is 1.32. The van der Waals surface area contributed by atoms with Gasteiger partial charge in [-0.3, -0.25) is 14.5 Å². The molecule has 5 rings (SSSR count). The minimum atomic E-state index is -0.953. The van der Waals surface area contributed by atoms with Crippen molar-refractivity contribution in [3.63, 3.8) is 0 Å². The minimum Gasteiger partial charge on any atom is -0.507 e. The number of aliphatic hydroxyl groups excluding tert-OH is 1. The molecule has 2 heterocycles. The Balaban J connectivity index is 1.65. The highest BCUT2D eigenvalue weighted by atomic mass is 32.1. The third-order valence-electron chi connectivity index (χ3n) is 7.11. The van der Waals surface area contributed by atoms with Crippen molar-refractivity contribution >= 4 is 44.1 Å². The Labute approximate surface area is 249 Å². The van der Waals surface area contributed by atoms with Crippen LogP contribution in [-0.2, 0) is 9.59 Å². The summed E-state index contributed by atoms with van der Waals surface area (Å²) in [6, 6.07) is 17.0. The van der Waals surface area contributed by atoms with Crippen LogP contribution in [-0.4, -0.2) is 42.1 Å². The van der Waals surface area contributed by atoms with Crippen molar-refractivity contribution < 1.29 is 28.9 Å². The highest BCUT2D eigenvalue weighted by molar-refractivity contribution is 7.22. The first-order chi connectivity index (χ1) is 20.4. The zero-order valence-corrected chi connectivity index (χ0v) is 25.0. The van der Waals surface area contributed by atoms with E-state index in [0.717, 1.165) is 35.0 Å². The molecule has 1 saturated heterocycles. The Morgan fingerprint density at radius 3 is 2.60 bits per heavy atom. The van der Waals surface area contributed by atoms with Crippen LogP contribution in [0.1, 0.15) is 55.8 Å². The number of benzene rings is 3. The van der Waals surface area contributed by atoms with Crippen molar-refractivity contribution in [2.24, 2.45) is 0 Å². The average Bonchev–Trinajstić information content (AvgIpc) is 3.52. The van der Waals surface area contributed by atoms with Gasteiger partial charge in [0.05, 0.1) is 42.2 Å². The van der Waals surface area contributed by atoms with Crippen LogP contribution in [0.2, 0.25) is 0 Å². The number of aryl methyl sites for hydroxylation is 1. The molecule has 1 aromatic heterocycles. The number of Topliss-reactive ketones (excluding diaryl/α,β-unsaturated/α-hetero) is 1. The van der Waals surface area contributed by atoms with Gasteiger partial charge in [-0.2, -0.15) is 0 Å². The number of carbonyl (C=O) groups is 2. The topological polar surface area (TPSA) is 98.2 Å². The number of anilines is 1. The fourth-order valence-electron chi connectivity index (χ4n) is 5.03. The second-order valence-electron chi connectivity index (χ2n) is 10.1. The number of unbranched alkanes of at least 4 members (excludes halogenated alkanes) is 2. The zero-order valence-electron chi connectivity index (χ0n) is 24.2. The maximum Gasteiger partial charge on any atom is 0.301 e. The fraction of sp³-hybridized carbons (Fsp3) is 0.303. The smallest absolute Gasteiger partial charge is 0.301 e. The van der Waals surface area contributed by atoms with Gasteiger partial charge in [0.15, 0.2) is 16.6 Å². The zero-order chi connectivity index (χ0) is 29.8. The number of hydrogen-bond acceptors (Lipinski definition) is 8. The van der Waals surface area contributed by atoms with Gasteiger partial charge in [-0.25, -0.2) is 4.98 Å². The summed E-state index contributed by atoms with van der Waals surface area (Å²) < 4.78 is 18.1. The number of rotatable bonds is 11. The van der Waals surface area contributed by atoms with E-state index in [-0.39, 0.29) is 11.3 Å². The number of fused-ring (bicyclic) bond motifs is 1. The summed E-state index contributed by atoms with van der Waals surface area (Å²) in [6.07, 6.45) is 3.05. The number of carbonyl (C=O) groups excluding carboxylic acids is 2. The quantitative estimate of drug-likeness (QED) is 0.0858. The highest BCUT2D eigenvalue weighted by Gasteiger charge is 2.48. The first-order valence-corrected chi connectivity index (χ1v) is 14.9. The number of thiazole rings is 1. The average molecular weight is 587 g/mol. The molecular weight excluding hydrogens is 552 g/mol. The Morgan fingerprint density at radius 2 is 1.83 bits per heavy atom. The van der Waals surface area contributed by atoms with E-state index in [4.69, 9.17) is 19.2 Å². The van der Waals surface area contributed by atoms with Gasteiger partial charge in [0.1, 0.15) is 11.5 Å². The third kappa shape index (κ3) is 5.69. The van der Waals surface area contributed by atoms with Crippen molar-refractivity contribution in [1.29, 1.82) is 0 Å². The normalized spacial score (nSPS) is 16.3. The maximum absolute atomic E-state index is 13.7. The first kappa shape index (κ1) is 29.1. The van der Waals surface area contributed by atoms with E-state index in [1.165, 1.54) is 16.2 Å². The van der Waals surface area contributed by atoms with Crippen LogP contribution < -0.4 is 19.1 Å². The molecule has 0 spiro atoms. The fourth-order valence-corrected chi connectivity index (χ4v) is 6.12. The molecule has 1 fully saturated rings. The molecule has 1 aliphatic rings. The molecule has 4 aromatic rings. The van der Waals surface area contributed by atoms with Gasteiger partial charge < -0.3 is 19.3 Å². The van der Waals surface area contributed by atoms with E-state index >= 15 is 0 Å². The molecule has 9 heteroatoms. The number of hydrogen-bond donors (Lipinski definition) is 1. The maximum atomic E-state index is 13.7. The van der Waals surface area contributed by atoms with E-state index in [1.807, 2.05) is 32.0 Å². The number of ether oxygens (including phenoxy) is 3. The lowest BCUT2D eigenvalue weighted by molar-refractivity contribution is -0.132. The minimum absolute atomic E-state index is 0.0391. The molecular formula is C33H34N2O6S. The lowest BCUT2D eigenvalue weighted by Gasteiger charge is -2.24. The van der Waals surface area contributed by atoms with Gasteiger partial charge in [-0.15, -0.1) is 0 Å². The molecule has 1 N–H and O–H groups in total. The van der Waals surface area contributed by atoms with Gasteiger partial charge in [0, 0.05) is 5.56 Å². The number of methoxy groups -OCH3 is 1. The number of amides is 1. The predicted molar refractivity (Wildman–Crippen MR) is 165 cm³/mol. The number of ketones is 1. The van der Waals surface area contributed by atoms with Crippen molar-refractivity contribution in [3.05, 3.63) is 82.9 Å². The summed E-state index contributed by atoms with van der Waals surface area (Å²) in [5.41, 5.74) is 2.68. The van der Waals surface area contributed by atoms with Gasteiger partial charge in [0.2, 0.25) is 0 Å². The molecule has 1 atom stereocenters. The van der Waals surface area contributed by atoms with E-state index in [9.17, 15) is 14.7 Å². The Bertz CT molecular complexity index is 1660. The lowest BCUT2D eigenvalue weighted by Crippen LogP contribution is -2.29. The molecule has 0 aliphatic carbocycles. The molecule has 218 valence electrons. The van der Waals surface area contributed by atoms with E-state index < -0.39 is 17.7 Å². The molecule has 0 bridgehead atoms. The summed E-state index contributed by atoms with van der Waals surface area (Å²) in [4.78, 5) is 33.4. The Hall–Kier alpha value is -4.37. The van der Waals surface area contributed by atoms with Crippen molar-refractivity contribution in [1.82, 2.24) is 4.98 Å². The molecule has 1 unspecified atom stereocenters. The standard InChI is InChI=1S/C33H34N2O6S/c1-5-7-8-16-41-25-15-13-21(19-26(25)39-4)29-28(30(36)22-10-9-11-23(18-22)40-6-2)31(37)32(38)35(29)33-34-24-14-12-20(3)17-27(24)42-33/h9-15,17-19,29,36H,5-8,16H2,1-4H3. The van der Waals surface area contributed by atoms with Crippen LogP contribution in [0.25, 0.3) is 16.0 Å². The molecule has 3 aromatic carbocycles. The van der Waals surface area contributed by atoms with Crippen LogP contribution in [0.4, 0.5) is 5.13 Å². The molecule has 1 amide bonds. The summed E-state index contributed by atoms with van der Waals surface area (Å²) in [5, 5.41) is 11.9. The van der Waals surface area contributed by atoms with Gasteiger partial charge in [0.25, 0.3) is 5.78 Å². The SMILES string of the molecule is CCCCCOc1ccc(C2C(=C(O)c3cccc(OCC)c3)C(=O)C(=O)N2c2nc3ccc(C)cc3s2)cc1OC. The second kappa shape index (κ2) is 12.7. The van der Waals surface area contributed by atoms with E-state index in [0.29, 0.717) is 46.7 Å². The van der Waals surface area contributed by atoms with Crippen LogP contribution in [0.5, 0.6) is 17.2 Å². The van der Waals surface area contributed by atoms with Gasteiger partial charge >= 0.3 is 5.91 Å². The summed E-state index contributed by atoms with van der Waals surface area (Å²) in [7, 11) is 1.55. The number of aromatic nitrogens is 1. The highest BCUT2D eigenvalue weighted by Crippen LogP contribution is 2.46.